The zero-order valence-electron chi connectivity index (χ0n) is 13.2. The molecule has 2 rings (SSSR count). The average molecular weight is 314 g/mol. The Bertz CT molecular complexity index is 765. The fourth-order valence-corrected chi connectivity index (χ4v) is 1.78. The molecule has 6 nitrogen and oxygen atoms in total. The highest BCUT2D eigenvalue weighted by atomic mass is 16.7. The molecule has 0 radical (unpaired) electrons. The molecule has 0 aliphatic carbocycles. The normalized spacial score (nSPS) is 10.9. The molecule has 120 valence electrons. The molecule has 1 aromatic heterocycles. The van der Waals surface area contributed by atoms with Crippen LogP contribution in [0.25, 0.3) is 11.1 Å². The lowest BCUT2D eigenvalue weighted by molar-refractivity contribution is 0.0204. The van der Waals surface area contributed by atoms with Crippen molar-refractivity contribution in [2.24, 2.45) is 0 Å². The number of carbonyl (C=O) groups is 1. The molecule has 1 heterocycles. The Morgan fingerprint density at radius 2 is 1.87 bits per heavy atom. The van der Waals surface area contributed by atoms with Gasteiger partial charge in [0.15, 0.2) is 5.75 Å². The van der Waals surface area contributed by atoms with Crippen LogP contribution < -0.4 is 15.9 Å². The summed E-state index contributed by atoms with van der Waals surface area (Å²) in [6.45, 7) is 5.13. The van der Waals surface area contributed by atoms with Gasteiger partial charge in [0.2, 0.25) is 5.43 Å². The molecule has 0 aliphatic heterocycles. The molecule has 23 heavy (non-hydrogen) atoms. The fourth-order valence-electron chi connectivity index (χ4n) is 1.78. The number of aromatic nitrogens is 1. The lowest BCUT2D eigenvalue weighted by Crippen LogP contribution is -2.26. The zero-order valence-corrected chi connectivity index (χ0v) is 13.2. The maximum atomic E-state index is 12.0. The Hall–Kier alpha value is -2.89. The van der Waals surface area contributed by atoms with E-state index in [2.05, 4.69) is 4.98 Å². The highest BCUT2D eigenvalue weighted by Crippen LogP contribution is 2.21. The summed E-state index contributed by atoms with van der Waals surface area (Å²) in [5.74, 6) is 0.278. The van der Waals surface area contributed by atoms with Gasteiger partial charge >= 0.3 is 6.16 Å². The smallest absolute Gasteiger partial charge is 0.428 e. The van der Waals surface area contributed by atoms with Gasteiger partial charge in [-0.15, -0.1) is 0 Å². The van der Waals surface area contributed by atoms with Crippen molar-refractivity contribution < 1.29 is 14.3 Å². The second kappa shape index (κ2) is 6.48. The van der Waals surface area contributed by atoms with Gasteiger partial charge in [-0.05, 0) is 50.6 Å². The van der Waals surface area contributed by atoms with E-state index in [4.69, 9.17) is 15.2 Å². The first-order chi connectivity index (χ1) is 10.7. The average Bonchev–Trinajstić information content (AvgIpc) is 2.60. The maximum absolute atomic E-state index is 12.0. The number of hydrogen-bond acceptors (Lipinski definition) is 6. The standard InChI is InChI=1S/C17H18N2O4/c1-17(2,3)23-16(21)22-14-9-11(5-4-6-13(14)20)12-7-8-15(18)19-10-12/h4-10H,1-3H3,(H2,18,19). The van der Waals surface area contributed by atoms with Crippen molar-refractivity contribution in [3.8, 4) is 16.9 Å². The molecule has 0 atom stereocenters. The first-order valence-electron chi connectivity index (χ1n) is 7.02. The summed E-state index contributed by atoms with van der Waals surface area (Å²) in [7, 11) is 0. The molecule has 0 amide bonds. The van der Waals surface area contributed by atoms with Gasteiger partial charge in [-0.1, -0.05) is 12.1 Å². The summed E-state index contributed by atoms with van der Waals surface area (Å²) in [5, 5.41) is 0. The molecule has 2 N–H and O–H groups in total. The lowest BCUT2D eigenvalue weighted by atomic mass is 10.1. The van der Waals surface area contributed by atoms with Gasteiger partial charge in [-0.2, -0.15) is 0 Å². The predicted octanol–water partition coefficient (Wildman–Crippen LogP) is 3.00. The largest absolute Gasteiger partial charge is 0.514 e. The molecule has 0 spiro atoms. The monoisotopic (exact) mass is 314 g/mol. The van der Waals surface area contributed by atoms with Gasteiger partial charge in [-0.3, -0.25) is 4.79 Å². The van der Waals surface area contributed by atoms with E-state index in [0.29, 0.717) is 11.4 Å². The number of nitrogens with two attached hydrogens (primary N) is 1. The van der Waals surface area contributed by atoms with Crippen molar-refractivity contribution >= 4 is 12.0 Å². The number of pyridine rings is 1. The fraction of sp³-hybridized carbons (Fsp3) is 0.235. The summed E-state index contributed by atoms with van der Waals surface area (Å²) < 4.78 is 10.1. The van der Waals surface area contributed by atoms with E-state index in [-0.39, 0.29) is 5.75 Å². The number of anilines is 1. The van der Waals surface area contributed by atoms with Crippen molar-refractivity contribution in [2.75, 3.05) is 5.73 Å². The molecule has 0 aliphatic rings. The van der Waals surface area contributed by atoms with Crippen LogP contribution in [0.3, 0.4) is 0 Å². The van der Waals surface area contributed by atoms with E-state index in [1.54, 1.807) is 51.2 Å². The van der Waals surface area contributed by atoms with Crippen LogP contribution in [0, 0.1) is 0 Å². The molecule has 0 saturated heterocycles. The zero-order chi connectivity index (χ0) is 17.0. The molecule has 0 fully saturated rings. The molecule has 0 unspecified atom stereocenters. The minimum atomic E-state index is -0.929. The highest BCUT2D eigenvalue weighted by Gasteiger charge is 2.19. The van der Waals surface area contributed by atoms with Crippen molar-refractivity contribution in [1.29, 1.82) is 0 Å². The highest BCUT2D eigenvalue weighted by molar-refractivity contribution is 5.68. The van der Waals surface area contributed by atoms with Crippen molar-refractivity contribution in [3.05, 3.63) is 52.8 Å². The third kappa shape index (κ3) is 4.81. The molecule has 2 aromatic rings. The number of nitrogens with zero attached hydrogens (tertiary/aromatic N) is 1. The maximum Gasteiger partial charge on any atom is 0.514 e. The Morgan fingerprint density at radius 1 is 1.13 bits per heavy atom. The second-order valence-electron chi connectivity index (χ2n) is 5.89. The van der Waals surface area contributed by atoms with E-state index in [9.17, 15) is 9.59 Å². The molecule has 0 bridgehead atoms. The van der Waals surface area contributed by atoms with Crippen LogP contribution in [0.5, 0.6) is 5.75 Å². The van der Waals surface area contributed by atoms with Crippen LogP contribution in [-0.4, -0.2) is 16.7 Å². The Morgan fingerprint density at radius 3 is 2.48 bits per heavy atom. The summed E-state index contributed by atoms with van der Waals surface area (Å²) in [6.07, 6.45) is 0.647. The first kappa shape index (κ1) is 16.5. The minimum absolute atomic E-state index is 0.115. The number of nitrogen functional groups attached to an aromatic ring is 1. The van der Waals surface area contributed by atoms with Crippen molar-refractivity contribution in [1.82, 2.24) is 4.98 Å². The Kier molecular flexibility index (Phi) is 4.64. The van der Waals surface area contributed by atoms with Gasteiger partial charge in [0.25, 0.3) is 0 Å². The van der Waals surface area contributed by atoms with Gasteiger partial charge in [0, 0.05) is 11.8 Å². The number of ether oxygens (including phenoxy) is 2. The third-order valence-electron chi connectivity index (χ3n) is 2.76. The molecular formula is C17H18N2O4. The Labute approximate surface area is 133 Å². The van der Waals surface area contributed by atoms with E-state index in [1.165, 1.54) is 12.1 Å². The van der Waals surface area contributed by atoms with Gasteiger partial charge in [0.05, 0.1) is 0 Å². The quantitative estimate of drug-likeness (QED) is 0.857. The van der Waals surface area contributed by atoms with E-state index < -0.39 is 17.2 Å². The summed E-state index contributed by atoms with van der Waals surface area (Å²) in [4.78, 5) is 27.8. The van der Waals surface area contributed by atoms with Gasteiger partial charge < -0.3 is 15.2 Å². The van der Waals surface area contributed by atoms with E-state index in [0.717, 1.165) is 5.56 Å². The second-order valence-corrected chi connectivity index (χ2v) is 5.89. The van der Waals surface area contributed by atoms with Crippen LogP contribution in [0.4, 0.5) is 10.6 Å². The summed E-state index contributed by atoms with van der Waals surface area (Å²) in [6, 6.07) is 9.49. The van der Waals surface area contributed by atoms with Crippen LogP contribution in [0.2, 0.25) is 0 Å². The van der Waals surface area contributed by atoms with Crippen molar-refractivity contribution in [3.63, 3.8) is 0 Å². The molecule has 6 heteroatoms. The predicted molar refractivity (Wildman–Crippen MR) is 87.2 cm³/mol. The summed E-state index contributed by atoms with van der Waals surface area (Å²) >= 11 is 0. The Balaban J connectivity index is 2.35. The first-order valence-corrected chi connectivity index (χ1v) is 7.02. The molecule has 1 aromatic carbocycles. The van der Waals surface area contributed by atoms with E-state index in [1.807, 2.05) is 0 Å². The van der Waals surface area contributed by atoms with Crippen LogP contribution in [0.1, 0.15) is 20.8 Å². The summed E-state index contributed by atoms with van der Waals surface area (Å²) in [5.41, 5.74) is 5.83. The number of hydrogen-bond donors (Lipinski definition) is 1. The van der Waals surface area contributed by atoms with Gasteiger partial charge in [-0.25, -0.2) is 9.78 Å². The molecule has 0 saturated carbocycles. The van der Waals surface area contributed by atoms with Crippen LogP contribution in [-0.2, 0) is 4.74 Å². The number of rotatable bonds is 2. The minimum Gasteiger partial charge on any atom is -0.428 e. The topological polar surface area (TPSA) is 91.5 Å². The van der Waals surface area contributed by atoms with Crippen molar-refractivity contribution in [2.45, 2.75) is 26.4 Å². The van der Waals surface area contributed by atoms with Crippen LogP contribution in [0.15, 0.2) is 47.4 Å². The SMILES string of the molecule is CC(C)(C)OC(=O)Oc1cc(-c2ccc(N)nc2)cccc1=O. The molecular weight excluding hydrogens is 296 g/mol. The lowest BCUT2D eigenvalue weighted by Gasteiger charge is -2.18. The van der Waals surface area contributed by atoms with E-state index >= 15 is 0 Å². The number of carbonyl (C=O) groups excluding carboxylic acids is 1. The third-order valence-corrected chi connectivity index (χ3v) is 2.76. The van der Waals surface area contributed by atoms with Gasteiger partial charge in [0.1, 0.15) is 11.4 Å². The van der Waals surface area contributed by atoms with Crippen LogP contribution >= 0.6 is 0 Å².